The second-order valence-electron chi connectivity index (χ2n) is 4.98. The lowest BCUT2D eigenvalue weighted by atomic mass is 9.97. The molecule has 0 saturated carbocycles. The molecule has 0 fully saturated rings. The highest BCUT2D eigenvalue weighted by atomic mass is 32.2. The molecule has 0 spiro atoms. The number of benzene rings is 2. The first kappa shape index (κ1) is 19.5. The molecule has 10 nitrogen and oxygen atoms in total. The van der Waals surface area contributed by atoms with Crippen molar-refractivity contribution in [3.05, 3.63) is 47.5 Å². The highest BCUT2D eigenvalue weighted by Crippen LogP contribution is 2.33. The highest BCUT2D eigenvalue weighted by molar-refractivity contribution is 7.86. The topological polar surface area (TPSA) is 183 Å². The van der Waals surface area contributed by atoms with Gasteiger partial charge < -0.3 is 10.2 Å². The average Bonchev–Trinajstić information content (AvgIpc) is 2.51. The molecular formula is C14H10O10S2. The molecule has 0 saturated heterocycles. The fourth-order valence-electron chi connectivity index (χ4n) is 2.20. The van der Waals surface area contributed by atoms with E-state index in [2.05, 4.69) is 0 Å². The third-order valence-corrected chi connectivity index (χ3v) is 5.04. The Morgan fingerprint density at radius 3 is 1.69 bits per heavy atom. The SMILES string of the molecule is O=C(O)c1cc(C(=O)O)c(-c2ccc(S(=O)(=O)O)cc2)c(S(=O)(=O)O)c1. The van der Waals surface area contributed by atoms with E-state index >= 15 is 0 Å². The molecule has 12 heteroatoms. The van der Waals surface area contributed by atoms with Crippen LogP contribution < -0.4 is 0 Å². The molecule has 0 atom stereocenters. The molecule has 2 aromatic rings. The monoisotopic (exact) mass is 402 g/mol. The van der Waals surface area contributed by atoms with Crippen LogP contribution in [0.3, 0.4) is 0 Å². The average molecular weight is 402 g/mol. The van der Waals surface area contributed by atoms with E-state index in [0.717, 1.165) is 24.3 Å². The number of carboxylic acid groups (broad SMARTS) is 2. The van der Waals surface area contributed by atoms with Gasteiger partial charge in [0.1, 0.15) is 4.90 Å². The predicted octanol–water partition coefficient (Wildman–Crippen LogP) is 1.24. The van der Waals surface area contributed by atoms with Crippen LogP contribution in [0, 0.1) is 0 Å². The fraction of sp³-hybridized carbons (Fsp3) is 0. The predicted molar refractivity (Wildman–Crippen MR) is 85.4 cm³/mol. The maximum absolute atomic E-state index is 11.6. The fourth-order valence-corrected chi connectivity index (χ4v) is 3.44. The Morgan fingerprint density at radius 1 is 0.769 bits per heavy atom. The van der Waals surface area contributed by atoms with Crippen LogP contribution in [-0.4, -0.2) is 48.1 Å². The summed E-state index contributed by atoms with van der Waals surface area (Å²) in [5.74, 6) is -3.29. The minimum absolute atomic E-state index is 0.139. The van der Waals surface area contributed by atoms with Crippen LogP contribution >= 0.6 is 0 Å². The van der Waals surface area contributed by atoms with Crippen molar-refractivity contribution >= 4 is 32.2 Å². The molecule has 0 amide bonds. The third kappa shape index (κ3) is 3.88. The highest BCUT2D eigenvalue weighted by Gasteiger charge is 2.26. The van der Waals surface area contributed by atoms with Gasteiger partial charge in [-0.15, -0.1) is 0 Å². The lowest BCUT2D eigenvalue weighted by molar-refractivity contribution is 0.0696. The molecule has 0 radical (unpaired) electrons. The first-order valence-electron chi connectivity index (χ1n) is 6.52. The van der Waals surface area contributed by atoms with E-state index in [1.165, 1.54) is 0 Å². The number of hydrogen-bond donors (Lipinski definition) is 4. The summed E-state index contributed by atoms with van der Waals surface area (Å²) >= 11 is 0. The number of rotatable bonds is 5. The lowest BCUT2D eigenvalue weighted by Gasteiger charge is -2.13. The van der Waals surface area contributed by atoms with Gasteiger partial charge in [-0.1, -0.05) is 12.1 Å². The third-order valence-electron chi connectivity index (χ3n) is 3.30. The van der Waals surface area contributed by atoms with E-state index in [-0.39, 0.29) is 5.56 Å². The van der Waals surface area contributed by atoms with Crippen LogP contribution in [0.2, 0.25) is 0 Å². The molecule has 0 heterocycles. The maximum atomic E-state index is 11.6. The summed E-state index contributed by atoms with van der Waals surface area (Å²) in [6, 6.07) is 5.05. The quantitative estimate of drug-likeness (QED) is 0.531. The summed E-state index contributed by atoms with van der Waals surface area (Å²) in [6.45, 7) is 0. The zero-order valence-corrected chi connectivity index (χ0v) is 14.2. The van der Waals surface area contributed by atoms with Crippen molar-refractivity contribution in [3.63, 3.8) is 0 Å². The van der Waals surface area contributed by atoms with Gasteiger partial charge in [-0.05, 0) is 29.8 Å². The van der Waals surface area contributed by atoms with Gasteiger partial charge in [0, 0.05) is 5.56 Å². The normalized spacial score (nSPS) is 11.9. The van der Waals surface area contributed by atoms with Crippen LogP contribution in [0.4, 0.5) is 0 Å². The summed E-state index contributed by atoms with van der Waals surface area (Å²) in [7, 11) is -9.57. The standard InChI is InChI=1S/C14H10O10S2/c15-13(16)8-5-10(14(17)18)12(11(6-8)26(22,23)24)7-1-3-9(4-2-7)25(19,20)21/h1-6H,(H,15,16)(H,17,18)(H,19,20,21)(H,22,23,24). The van der Waals surface area contributed by atoms with Gasteiger partial charge in [-0.3, -0.25) is 9.11 Å². The first-order valence-corrected chi connectivity index (χ1v) is 9.40. The molecular weight excluding hydrogens is 392 g/mol. The van der Waals surface area contributed by atoms with Gasteiger partial charge in [-0.2, -0.15) is 16.8 Å². The molecule has 2 rings (SSSR count). The minimum Gasteiger partial charge on any atom is -0.478 e. The largest absolute Gasteiger partial charge is 0.478 e. The molecule has 0 aliphatic carbocycles. The van der Waals surface area contributed by atoms with E-state index in [9.17, 15) is 36.1 Å². The van der Waals surface area contributed by atoms with Crippen LogP contribution in [0.25, 0.3) is 11.1 Å². The van der Waals surface area contributed by atoms with Crippen LogP contribution in [0.1, 0.15) is 20.7 Å². The second kappa shape index (κ2) is 6.49. The summed E-state index contributed by atoms with van der Waals surface area (Å²) in [5, 5.41) is 18.3. The number of aromatic carboxylic acids is 2. The molecule has 4 N–H and O–H groups in total. The van der Waals surface area contributed by atoms with Crippen molar-refractivity contribution in [1.82, 2.24) is 0 Å². The Morgan fingerprint density at radius 2 is 1.31 bits per heavy atom. The summed E-state index contributed by atoms with van der Waals surface area (Å²) in [6.07, 6.45) is 0. The summed E-state index contributed by atoms with van der Waals surface area (Å²) < 4.78 is 63.7. The van der Waals surface area contributed by atoms with E-state index in [1.807, 2.05) is 0 Å². The first-order chi connectivity index (χ1) is 11.8. The van der Waals surface area contributed by atoms with Crippen molar-refractivity contribution in [2.24, 2.45) is 0 Å². The number of carboxylic acids is 2. The molecule has 26 heavy (non-hydrogen) atoms. The maximum Gasteiger partial charge on any atom is 0.336 e. The number of hydrogen-bond acceptors (Lipinski definition) is 6. The Kier molecular flexibility index (Phi) is 4.88. The van der Waals surface area contributed by atoms with Gasteiger partial charge in [0.25, 0.3) is 20.2 Å². The summed E-state index contributed by atoms with van der Waals surface area (Å²) in [4.78, 5) is 21.1. The number of carbonyl (C=O) groups is 2. The van der Waals surface area contributed by atoms with E-state index in [4.69, 9.17) is 9.66 Å². The van der Waals surface area contributed by atoms with Gasteiger partial charge >= 0.3 is 11.9 Å². The van der Waals surface area contributed by atoms with Gasteiger partial charge in [0.2, 0.25) is 0 Å². The Labute approximate surface area is 146 Å². The van der Waals surface area contributed by atoms with E-state index in [1.54, 1.807) is 0 Å². The molecule has 0 unspecified atom stereocenters. The Bertz CT molecular complexity index is 1110. The molecule has 138 valence electrons. The van der Waals surface area contributed by atoms with Crippen molar-refractivity contribution < 1.29 is 45.7 Å². The Hall–Kier alpha value is -2.80. The minimum atomic E-state index is -5.03. The van der Waals surface area contributed by atoms with Crippen molar-refractivity contribution in [2.75, 3.05) is 0 Å². The molecule has 0 aliphatic rings. The van der Waals surface area contributed by atoms with E-state index in [0.29, 0.717) is 12.1 Å². The van der Waals surface area contributed by atoms with Crippen LogP contribution in [-0.2, 0) is 20.2 Å². The van der Waals surface area contributed by atoms with Crippen molar-refractivity contribution in [3.8, 4) is 11.1 Å². The molecule has 0 bridgehead atoms. The lowest BCUT2D eigenvalue weighted by Crippen LogP contribution is -2.11. The van der Waals surface area contributed by atoms with Crippen molar-refractivity contribution in [2.45, 2.75) is 9.79 Å². The summed E-state index contributed by atoms with van der Waals surface area (Å²) in [5.41, 5.74) is -2.10. The zero-order chi connectivity index (χ0) is 19.9. The molecule has 2 aromatic carbocycles. The molecule has 0 aliphatic heterocycles. The second-order valence-corrected chi connectivity index (χ2v) is 7.79. The Balaban J connectivity index is 2.90. The van der Waals surface area contributed by atoms with Gasteiger partial charge in [-0.25, -0.2) is 9.59 Å². The smallest absolute Gasteiger partial charge is 0.336 e. The molecule has 0 aromatic heterocycles. The van der Waals surface area contributed by atoms with Crippen LogP contribution in [0.15, 0.2) is 46.2 Å². The van der Waals surface area contributed by atoms with Crippen LogP contribution in [0.5, 0.6) is 0 Å². The van der Waals surface area contributed by atoms with E-state index < -0.39 is 58.7 Å². The van der Waals surface area contributed by atoms with Crippen molar-refractivity contribution in [1.29, 1.82) is 0 Å². The van der Waals surface area contributed by atoms with Gasteiger partial charge in [0.05, 0.1) is 16.0 Å². The zero-order valence-electron chi connectivity index (χ0n) is 12.5. The van der Waals surface area contributed by atoms with Gasteiger partial charge in [0.15, 0.2) is 0 Å².